The van der Waals surface area contributed by atoms with Gasteiger partial charge in [-0.15, -0.1) is 0 Å². The van der Waals surface area contributed by atoms with Crippen LogP contribution in [0.1, 0.15) is 126 Å². The van der Waals surface area contributed by atoms with E-state index in [1.54, 1.807) is 0 Å². The molecule has 0 bridgehead atoms. The Morgan fingerprint density at radius 1 is 0.867 bits per heavy atom. The molecular formula is C28H40N2. The van der Waals surface area contributed by atoms with Crippen molar-refractivity contribution in [1.82, 2.24) is 0 Å². The minimum Gasteiger partial charge on any atom is -0.192 e. The van der Waals surface area contributed by atoms with Crippen LogP contribution in [0, 0.1) is 34.5 Å². The smallest absolute Gasteiger partial charge is 0.101 e. The Morgan fingerprint density at radius 2 is 1.57 bits per heavy atom. The van der Waals surface area contributed by atoms with Crippen molar-refractivity contribution in [3.8, 4) is 12.1 Å². The first-order valence-corrected chi connectivity index (χ1v) is 12.7. The number of hydrogen-bond donors (Lipinski definition) is 0. The first-order chi connectivity index (χ1) is 14.7. The second kappa shape index (κ2) is 11.0. The summed E-state index contributed by atoms with van der Waals surface area (Å²) in [5.74, 6) is 1.58. The highest BCUT2D eigenvalue weighted by atomic mass is 14.5. The van der Waals surface area contributed by atoms with Crippen LogP contribution in [0.4, 0.5) is 0 Å². The summed E-state index contributed by atoms with van der Waals surface area (Å²) in [5, 5.41) is 20.0. The molecule has 0 radical (unpaired) electrons. The van der Waals surface area contributed by atoms with Crippen LogP contribution in [0.5, 0.6) is 0 Å². The maximum Gasteiger partial charge on any atom is 0.101 e. The van der Waals surface area contributed by atoms with Gasteiger partial charge in [0.1, 0.15) is 12.1 Å². The summed E-state index contributed by atoms with van der Waals surface area (Å²) in [6.07, 6.45) is 18.9. The lowest BCUT2D eigenvalue weighted by Gasteiger charge is -2.47. The van der Waals surface area contributed by atoms with E-state index in [1.807, 2.05) is 0 Å². The molecular weight excluding hydrogens is 364 g/mol. The summed E-state index contributed by atoms with van der Waals surface area (Å²) < 4.78 is 0. The molecule has 1 aromatic carbocycles. The van der Waals surface area contributed by atoms with Crippen molar-refractivity contribution in [2.24, 2.45) is 11.8 Å². The Balaban J connectivity index is 1.90. The van der Waals surface area contributed by atoms with Crippen LogP contribution >= 0.6 is 0 Å². The van der Waals surface area contributed by atoms with Crippen molar-refractivity contribution in [2.45, 2.75) is 116 Å². The highest BCUT2D eigenvalue weighted by Crippen LogP contribution is 2.52. The second-order valence-corrected chi connectivity index (χ2v) is 9.93. The molecule has 2 aliphatic rings. The number of hydrogen-bond acceptors (Lipinski definition) is 2. The zero-order valence-electron chi connectivity index (χ0n) is 19.3. The first kappa shape index (κ1) is 22.9. The number of nitrogens with zero attached hydrogens (tertiary/aromatic N) is 2. The van der Waals surface area contributed by atoms with Gasteiger partial charge in [0.25, 0.3) is 0 Å². The van der Waals surface area contributed by atoms with Gasteiger partial charge < -0.3 is 0 Å². The first-order valence-electron chi connectivity index (χ1n) is 12.7. The van der Waals surface area contributed by atoms with Gasteiger partial charge in [-0.1, -0.05) is 90.2 Å². The summed E-state index contributed by atoms with van der Waals surface area (Å²) in [7, 11) is 0. The van der Waals surface area contributed by atoms with Gasteiger partial charge in [-0.05, 0) is 60.5 Å². The van der Waals surface area contributed by atoms with Crippen molar-refractivity contribution in [1.29, 1.82) is 10.5 Å². The van der Waals surface area contributed by atoms with Gasteiger partial charge in [-0.25, -0.2) is 0 Å². The standard InChI is InChI=1S/C28H40N2/c1-3-5-7-11-22-12-15-24(16-13-22)28(18-8-6-9-19-28)27-17-14-23(10-4-2)25(20-29)26(27)21-30/h14,17,22,24H,3-13,15-16,18-19H2,1-2H3. The van der Waals surface area contributed by atoms with Gasteiger partial charge in [0.05, 0.1) is 11.1 Å². The van der Waals surface area contributed by atoms with Crippen molar-refractivity contribution >= 4 is 0 Å². The third kappa shape index (κ3) is 4.75. The Hall–Kier alpha value is -1.80. The van der Waals surface area contributed by atoms with Crippen LogP contribution < -0.4 is 0 Å². The average Bonchev–Trinajstić information content (AvgIpc) is 2.80. The highest BCUT2D eigenvalue weighted by Gasteiger charge is 2.44. The number of nitriles is 2. The summed E-state index contributed by atoms with van der Waals surface area (Å²) in [6, 6.07) is 9.33. The predicted octanol–water partition coefficient (Wildman–Crippen LogP) is 7.97. The molecule has 2 saturated carbocycles. The van der Waals surface area contributed by atoms with Gasteiger partial charge in [-0.3, -0.25) is 0 Å². The minimum absolute atomic E-state index is 0.119. The van der Waals surface area contributed by atoms with E-state index in [9.17, 15) is 10.5 Å². The molecule has 30 heavy (non-hydrogen) atoms. The van der Waals surface area contributed by atoms with Crippen molar-refractivity contribution in [2.75, 3.05) is 0 Å². The second-order valence-electron chi connectivity index (χ2n) is 9.93. The third-order valence-corrected chi connectivity index (χ3v) is 8.16. The Kier molecular flexibility index (Phi) is 8.39. The van der Waals surface area contributed by atoms with Crippen molar-refractivity contribution in [3.63, 3.8) is 0 Å². The molecule has 2 heteroatoms. The van der Waals surface area contributed by atoms with E-state index in [0.29, 0.717) is 17.0 Å². The van der Waals surface area contributed by atoms with Crippen LogP contribution in [0.15, 0.2) is 12.1 Å². The summed E-state index contributed by atoms with van der Waals surface area (Å²) in [4.78, 5) is 0. The fraction of sp³-hybridized carbons (Fsp3) is 0.714. The number of aryl methyl sites for hydroxylation is 1. The lowest BCUT2D eigenvalue weighted by atomic mass is 9.56. The molecule has 0 saturated heterocycles. The summed E-state index contributed by atoms with van der Waals surface area (Å²) >= 11 is 0. The molecule has 0 aliphatic heterocycles. The maximum absolute atomic E-state index is 10.1. The zero-order chi connectivity index (χ0) is 21.4. The third-order valence-electron chi connectivity index (χ3n) is 8.16. The summed E-state index contributed by atoms with van der Waals surface area (Å²) in [6.45, 7) is 4.43. The van der Waals surface area contributed by atoms with Crippen LogP contribution in [0.2, 0.25) is 0 Å². The molecule has 0 spiro atoms. The summed E-state index contributed by atoms with van der Waals surface area (Å²) in [5.41, 5.74) is 3.76. The number of rotatable bonds is 8. The largest absolute Gasteiger partial charge is 0.192 e. The molecule has 2 aliphatic carbocycles. The van der Waals surface area contributed by atoms with Gasteiger partial charge in [0.15, 0.2) is 0 Å². The van der Waals surface area contributed by atoms with Gasteiger partial charge in [-0.2, -0.15) is 10.5 Å². The predicted molar refractivity (Wildman–Crippen MR) is 124 cm³/mol. The lowest BCUT2D eigenvalue weighted by molar-refractivity contribution is 0.124. The molecule has 0 atom stereocenters. The highest BCUT2D eigenvalue weighted by molar-refractivity contribution is 5.57. The lowest BCUT2D eigenvalue weighted by Crippen LogP contribution is -2.40. The number of unbranched alkanes of at least 4 members (excludes halogenated alkanes) is 2. The van der Waals surface area contributed by atoms with E-state index in [2.05, 4.69) is 38.1 Å². The molecule has 3 rings (SSSR count). The minimum atomic E-state index is 0.119. The van der Waals surface area contributed by atoms with E-state index in [-0.39, 0.29) is 5.41 Å². The normalized spacial score (nSPS) is 23.5. The van der Waals surface area contributed by atoms with Crippen LogP contribution in [0.25, 0.3) is 0 Å². The van der Waals surface area contributed by atoms with Gasteiger partial charge in [0, 0.05) is 0 Å². The molecule has 2 fully saturated rings. The molecule has 162 valence electrons. The molecule has 0 heterocycles. The average molecular weight is 405 g/mol. The van der Waals surface area contributed by atoms with E-state index >= 15 is 0 Å². The van der Waals surface area contributed by atoms with Crippen molar-refractivity contribution in [3.05, 3.63) is 34.4 Å². The Morgan fingerprint density at radius 3 is 2.17 bits per heavy atom. The SMILES string of the molecule is CCCCCC1CCC(C2(c3ccc(CCC)c(C#N)c3C#N)CCCCC2)CC1. The maximum atomic E-state index is 10.1. The van der Waals surface area contributed by atoms with E-state index in [4.69, 9.17) is 0 Å². The van der Waals surface area contributed by atoms with Crippen LogP contribution in [-0.4, -0.2) is 0 Å². The quantitative estimate of drug-likeness (QED) is 0.412. The molecule has 0 aromatic heterocycles. The molecule has 1 aromatic rings. The fourth-order valence-corrected chi connectivity index (χ4v) is 6.55. The Bertz CT molecular complexity index is 765. The zero-order valence-corrected chi connectivity index (χ0v) is 19.3. The van der Waals surface area contributed by atoms with Crippen LogP contribution in [-0.2, 0) is 11.8 Å². The van der Waals surface area contributed by atoms with Gasteiger partial charge in [0.2, 0.25) is 0 Å². The van der Waals surface area contributed by atoms with E-state index < -0.39 is 0 Å². The van der Waals surface area contributed by atoms with Gasteiger partial charge >= 0.3 is 0 Å². The van der Waals surface area contributed by atoms with E-state index in [1.165, 1.54) is 89.0 Å². The van der Waals surface area contributed by atoms with Crippen molar-refractivity contribution < 1.29 is 0 Å². The molecule has 0 unspecified atom stereocenters. The molecule has 0 N–H and O–H groups in total. The molecule has 2 nitrogen and oxygen atoms in total. The fourth-order valence-electron chi connectivity index (χ4n) is 6.55. The Labute approximate surface area is 184 Å². The number of benzene rings is 1. The van der Waals surface area contributed by atoms with E-state index in [0.717, 1.165) is 24.3 Å². The molecule has 0 amide bonds. The van der Waals surface area contributed by atoms with Crippen LogP contribution in [0.3, 0.4) is 0 Å². The topological polar surface area (TPSA) is 47.6 Å². The monoisotopic (exact) mass is 404 g/mol.